The predicted octanol–water partition coefficient (Wildman–Crippen LogP) is 3.15. The van der Waals surface area contributed by atoms with Crippen LogP contribution in [0.3, 0.4) is 0 Å². The Morgan fingerprint density at radius 2 is 2.14 bits per heavy atom. The van der Waals surface area contributed by atoms with Crippen molar-refractivity contribution in [2.24, 2.45) is 5.92 Å². The van der Waals surface area contributed by atoms with E-state index >= 15 is 0 Å². The summed E-state index contributed by atoms with van der Waals surface area (Å²) in [5, 5.41) is 3.49. The second-order valence-electron chi connectivity index (χ2n) is 7.74. The molecule has 1 aliphatic heterocycles. The Labute approximate surface area is 167 Å². The zero-order valence-electron chi connectivity index (χ0n) is 17.4. The van der Waals surface area contributed by atoms with E-state index in [1.807, 2.05) is 11.5 Å². The second kappa shape index (κ2) is 9.91. The molecule has 0 bridgehead atoms. The third kappa shape index (κ3) is 5.04. The number of hydrogen-bond acceptors (Lipinski definition) is 7. The van der Waals surface area contributed by atoms with Crippen molar-refractivity contribution < 1.29 is 9.47 Å². The molecule has 3 heterocycles. The van der Waals surface area contributed by atoms with Gasteiger partial charge in [0.2, 0.25) is 0 Å². The Balaban J connectivity index is 1.70. The topological polar surface area (TPSA) is 100 Å². The number of imidazole rings is 1. The standard InChI is InChI=1S/C20H34N6O2/c1-4-8-14(2)28-19-24-17(21)16-18(25-19)26(20(23-16)27-3)12-6-5-9-15-10-7-11-22-13-15/h14-15,22H,4-13H2,1-3H3,(H2,21,24,25)/t14-,15?/m0/s1. The molecule has 8 heteroatoms. The number of fused-ring (bicyclic) bond motifs is 1. The van der Waals surface area contributed by atoms with Crippen molar-refractivity contribution in [3.05, 3.63) is 0 Å². The van der Waals surface area contributed by atoms with Gasteiger partial charge in [0.05, 0.1) is 13.2 Å². The summed E-state index contributed by atoms with van der Waals surface area (Å²) in [7, 11) is 1.62. The SMILES string of the molecule is CCC[C@H](C)Oc1nc(N)c2nc(OC)n(CCCCC3CCCNC3)c2n1. The van der Waals surface area contributed by atoms with Crippen LogP contribution in [0.2, 0.25) is 0 Å². The fourth-order valence-electron chi connectivity index (χ4n) is 3.91. The minimum atomic E-state index is 0.0456. The van der Waals surface area contributed by atoms with E-state index in [0.717, 1.165) is 44.8 Å². The summed E-state index contributed by atoms with van der Waals surface area (Å²) in [5.41, 5.74) is 7.38. The molecule has 0 radical (unpaired) electrons. The lowest BCUT2D eigenvalue weighted by Crippen LogP contribution is -2.29. The van der Waals surface area contributed by atoms with Crippen LogP contribution in [0.4, 0.5) is 5.82 Å². The number of piperidine rings is 1. The predicted molar refractivity (Wildman–Crippen MR) is 111 cm³/mol. The Bertz CT molecular complexity index is 757. The molecule has 2 aromatic rings. The highest BCUT2D eigenvalue weighted by atomic mass is 16.5. The quantitative estimate of drug-likeness (QED) is 0.601. The summed E-state index contributed by atoms with van der Waals surface area (Å²) in [6.07, 6.45) is 8.13. The molecule has 2 aromatic heterocycles. The largest absolute Gasteiger partial charge is 0.468 e. The van der Waals surface area contributed by atoms with E-state index in [4.69, 9.17) is 15.2 Å². The van der Waals surface area contributed by atoms with Gasteiger partial charge in [-0.3, -0.25) is 4.57 Å². The number of nitrogen functional groups attached to an aromatic ring is 1. The van der Waals surface area contributed by atoms with Crippen molar-refractivity contribution in [3.8, 4) is 12.0 Å². The summed E-state index contributed by atoms with van der Waals surface area (Å²) >= 11 is 0. The zero-order chi connectivity index (χ0) is 19.9. The number of unbranched alkanes of at least 4 members (excludes halogenated alkanes) is 1. The summed E-state index contributed by atoms with van der Waals surface area (Å²) < 4.78 is 13.3. The van der Waals surface area contributed by atoms with Crippen LogP contribution in [0, 0.1) is 5.92 Å². The van der Waals surface area contributed by atoms with E-state index < -0.39 is 0 Å². The van der Waals surface area contributed by atoms with Gasteiger partial charge in [0.1, 0.15) is 0 Å². The first-order valence-electron chi connectivity index (χ1n) is 10.6. The first kappa shape index (κ1) is 20.6. The van der Waals surface area contributed by atoms with Crippen LogP contribution in [0.15, 0.2) is 0 Å². The lowest BCUT2D eigenvalue weighted by molar-refractivity contribution is 0.193. The molecule has 8 nitrogen and oxygen atoms in total. The van der Waals surface area contributed by atoms with Crippen LogP contribution in [0.1, 0.15) is 58.8 Å². The highest BCUT2D eigenvalue weighted by Crippen LogP contribution is 2.27. The zero-order valence-corrected chi connectivity index (χ0v) is 17.4. The molecule has 3 N–H and O–H groups in total. The summed E-state index contributed by atoms with van der Waals surface area (Å²) in [6.45, 7) is 7.25. The highest BCUT2D eigenvalue weighted by Gasteiger charge is 2.19. The van der Waals surface area contributed by atoms with Crippen molar-refractivity contribution in [1.82, 2.24) is 24.8 Å². The molecule has 2 atom stereocenters. The Morgan fingerprint density at radius 1 is 1.29 bits per heavy atom. The van der Waals surface area contributed by atoms with Gasteiger partial charge in [-0.25, -0.2) is 0 Å². The number of methoxy groups -OCH3 is 1. The minimum Gasteiger partial charge on any atom is -0.468 e. The Morgan fingerprint density at radius 3 is 2.86 bits per heavy atom. The molecule has 0 saturated carbocycles. The molecule has 1 unspecified atom stereocenters. The molecule has 1 saturated heterocycles. The summed E-state index contributed by atoms with van der Waals surface area (Å²) in [5.74, 6) is 1.13. The molecule has 0 aliphatic carbocycles. The van der Waals surface area contributed by atoms with Gasteiger partial charge < -0.3 is 20.5 Å². The van der Waals surface area contributed by atoms with Crippen LogP contribution < -0.4 is 20.5 Å². The molecule has 156 valence electrons. The van der Waals surface area contributed by atoms with Crippen LogP contribution >= 0.6 is 0 Å². The molecule has 1 aliphatic rings. The molecular weight excluding hydrogens is 356 g/mol. The minimum absolute atomic E-state index is 0.0456. The van der Waals surface area contributed by atoms with Gasteiger partial charge in [0.15, 0.2) is 17.0 Å². The number of nitrogens with zero attached hydrogens (tertiary/aromatic N) is 4. The second-order valence-corrected chi connectivity index (χ2v) is 7.74. The van der Waals surface area contributed by atoms with E-state index in [1.165, 1.54) is 25.7 Å². The number of anilines is 1. The van der Waals surface area contributed by atoms with Crippen molar-refractivity contribution in [2.75, 3.05) is 25.9 Å². The Hall–Kier alpha value is -2.09. The van der Waals surface area contributed by atoms with Gasteiger partial charge in [-0.05, 0) is 58.0 Å². The van der Waals surface area contributed by atoms with Gasteiger partial charge in [0.25, 0.3) is 6.01 Å². The number of rotatable bonds is 10. The summed E-state index contributed by atoms with van der Waals surface area (Å²) in [6, 6.07) is 0.831. The van der Waals surface area contributed by atoms with Crippen LogP contribution in [0.25, 0.3) is 11.2 Å². The number of nitrogens with two attached hydrogens (primary N) is 1. The number of ether oxygens (including phenoxy) is 2. The fourth-order valence-corrected chi connectivity index (χ4v) is 3.91. The van der Waals surface area contributed by atoms with Crippen molar-refractivity contribution >= 4 is 17.0 Å². The van der Waals surface area contributed by atoms with Gasteiger partial charge in [0, 0.05) is 6.54 Å². The number of aryl methyl sites for hydroxylation is 1. The first-order valence-corrected chi connectivity index (χ1v) is 10.6. The van der Waals surface area contributed by atoms with Gasteiger partial charge in [-0.2, -0.15) is 15.0 Å². The normalized spacial score (nSPS) is 18.3. The van der Waals surface area contributed by atoms with E-state index in [9.17, 15) is 0 Å². The number of aromatic nitrogens is 4. The molecule has 0 amide bonds. The summed E-state index contributed by atoms with van der Waals surface area (Å²) in [4.78, 5) is 13.3. The van der Waals surface area contributed by atoms with E-state index in [-0.39, 0.29) is 6.10 Å². The van der Waals surface area contributed by atoms with Crippen molar-refractivity contribution in [2.45, 2.75) is 71.4 Å². The molecule has 28 heavy (non-hydrogen) atoms. The maximum absolute atomic E-state index is 6.13. The monoisotopic (exact) mass is 390 g/mol. The number of hydrogen-bond donors (Lipinski definition) is 2. The maximum Gasteiger partial charge on any atom is 0.320 e. The smallest absolute Gasteiger partial charge is 0.320 e. The average Bonchev–Trinajstić information content (AvgIpc) is 3.04. The highest BCUT2D eigenvalue weighted by molar-refractivity contribution is 5.83. The van der Waals surface area contributed by atoms with E-state index in [2.05, 4.69) is 27.2 Å². The molecular formula is C20H34N6O2. The third-order valence-electron chi connectivity index (χ3n) is 5.39. The lowest BCUT2D eigenvalue weighted by Gasteiger charge is -2.22. The van der Waals surface area contributed by atoms with Crippen molar-refractivity contribution in [3.63, 3.8) is 0 Å². The van der Waals surface area contributed by atoms with Crippen LogP contribution in [-0.4, -0.2) is 45.8 Å². The average molecular weight is 391 g/mol. The van der Waals surface area contributed by atoms with Crippen molar-refractivity contribution in [1.29, 1.82) is 0 Å². The number of nitrogens with one attached hydrogen (secondary N) is 1. The Kier molecular flexibility index (Phi) is 7.30. The first-order chi connectivity index (χ1) is 13.6. The fraction of sp³-hybridized carbons (Fsp3) is 0.750. The lowest BCUT2D eigenvalue weighted by atomic mass is 9.94. The van der Waals surface area contributed by atoms with Gasteiger partial charge >= 0.3 is 6.01 Å². The van der Waals surface area contributed by atoms with Crippen LogP contribution in [-0.2, 0) is 6.54 Å². The molecule has 0 aromatic carbocycles. The van der Waals surface area contributed by atoms with E-state index in [1.54, 1.807) is 7.11 Å². The third-order valence-corrected chi connectivity index (χ3v) is 5.39. The van der Waals surface area contributed by atoms with E-state index in [0.29, 0.717) is 29.0 Å². The maximum atomic E-state index is 6.13. The van der Waals surface area contributed by atoms with Gasteiger partial charge in [-0.1, -0.05) is 19.8 Å². The molecule has 1 fully saturated rings. The molecule has 3 rings (SSSR count). The molecule has 0 spiro atoms. The van der Waals surface area contributed by atoms with Gasteiger partial charge in [-0.15, -0.1) is 0 Å². The van der Waals surface area contributed by atoms with Crippen LogP contribution in [0.5, 0.6) is 12.0 Å².